The van der Waals surface area contributed by atoms with Crippen molar-refractivity contribution in [2.24, 2.45) is 0 Å². The van der Waals surface area contributed by atoms with Crippen molar-refractivity contribution in [3.05, 3.63) is 64.7 Å². The molecule has 94 valence electrons. The Labute approximate surface area is 113 Å². The fourth-order valence-electron chi connectivity index (χ4n) is 1.77. The van der Waals surface area contributed by atoms with Crippen molar-refractivity contribution >= 4 is 11.6 Å². The molecule has 0 saturated carbocycles. The van der Waals surface area contributed by atoms with E-state index in [4.69, 9.17) is 16.3 Å². The molecule has 2 aromatic carbocycles. The molecular formula is C15H16ClNO. The van der Waals surface area contributed by atoms with E-state index in [0.717, 1.165) is 23.4 Å². The van der Waals surface area contributed by atoms with Crippen LogP contribution in [0, 0.1) is 0 Å². The molecule has 0 atom stereocenters. The van der Waals surface area contributed by atoms with Crippen LogP contribution in [-0.2, 0) is 13.2 Å². The first-order valence-corrected chi connectivity index (χ1v) is 6.28. The smallest absolute Gasteiger partial charge is 0.142 e. The number of hydrogen-bond donors (Lipinski definition) is 1. The van der Waals surface area contributed by atoms with E-state index in [1.807, 2.05) is 55.6 Å². The minimum Gasteiger partial charge on any atom is -0.487 e. The number of nitrogens with one attached hydrogen (secondary N) is 1. The van der Waals surface area contributed by atoms with Gasteiger partial charge < -0.3 is 10.1 Å². The fraction of sp³-hybridized carbons (Fsp3) is 0.200. The van der Waals surface area contributed by atoms with Gasteiger partial charge in [0.05, 0.1) is 5.02 Å². The summed E-state index contributed by atoms with van der Waals surface area (Å²) in [6.07, 6.45) is 0. The predicted octanol–water partition coefficient (Wildman–Crippen LogP) is 3.64. The highest BCUT2D eigenvalue weighted by Gasteiger charge is 2.07. The van der Waals surface area contributed by atoms with Crippen molar-refractivity contribution in [1.29, 1.82) is 0 Å². The molecule has 0 saturated heterocycles. The van der Waals surface area contributed by atoms with Crippen molar-refractivity contribution < 1.29 is 4.74 Å². The highest BCUT2D eigenvalue weighted by molar-refractivity contribution is 6.32. The first-order chi connectivity index (χ1) is 8.81. The maximum absolute atomic E-state index is 6.18. The summed E-state index contributed by atoms with van der Waals surface area (Å²) in [4.78, 5) is 0. The third-order valence-corrected chi connectivity index (χ3v) is 2.94. The second-order valence-electron chi connectivity index (χ2n) is 4.03. The van der Waals surface area contributed by atoms with Gasteiger partial charge in [-0.1, -0.05) is 54.1 Å². The third-order valence-electron chi connectivity index (χ3n) is 2.64. The van der Waals surface area contributed by atoms with Crippen LogP contribution in [-0.4, -0.2) is 7.05 Å². The van der Waals surface area contributed by atoms with Crippen molar-refractivity contribution in [3.8, 4) is 5.75 Å². The number of para-hydroxylation sites is 1. The van der Waals surface area contributed by atoms with Gasteiger partial charge in [0, 0.05) is 12.1 Å². The summed E-state index contributed by atoms with van der Waals surface area (Å²) in [7, 11) is 1.90. The lowest BCUT2D eigenvalue weighted by Crippen LogP contribution is -2.07. The summed E-state index contributed by atoms with van der Waals surface area (Å²) in [5.41, 5.74) is 2.20. The Hall–Kier alpha value is -1.51. The maximum Gasteiger partial charge on any atom is 0.142 e. The fourth-order valence-corrected chi connectivity index (χ4v) is 2.02. The van der Waals surface area contributed by atoms with Crippen LogP contribution in [0.15, 0.2) is 48.5 Å². The van der Waals surface area contributed by atoms with E-state index in [2.05, 4.69) is 5.32 Å². The van der Waals surface area contributed by atoms with Crippen molar-refractivity contribution in [1.82, 2.24) is 5.32 Å². The van der Waals surface area contributed by atoms with E-state index >= 15 is 0 Å². The molecule has 0 aliphatic rings. The van der Waals surface area contributed by atoms with E-state index in [9.17, 15) is 0 Å². The standard InChI is InChI=1S/C15H16ClNO/c1-17-10-13-8-5-9-14(16)15(13)18-11-12-6-3-2-4-7-12/h2-9,17H,10-11H2,1H3. The van der Waals surface area contributed by atoms with Crippen molar-refractivity contribution in [2.45, 2.75) is 13.2 Å². The lowest BCUT2D eigenvalue weighted by molar-refractivity contribution is 0.302. The average Bonchev–Trinajstić information content (AvgIpc) is 2.40. The normalized spacial score (nSPS) is 10.3. The average molecular weight is 262 g/mol. The topological polar surface area (TPSA) is 21.3 Å². The summed E-state index contributed by atoms with van der Waals surface area (Å²) in [6, 6.07) is 15.9. The zero-order valence-electron chi connectivity index (χ0n) is 10.3. The number of halogens is 1. The molecule has 0 aliphatic heterocycles. The van der Waals surface area contributed by atoms with Gasteiger partial charge >= 0.3 is 0 Å². The summed E-state index contributed by atoms with van der Waals surface area (Å²) in [6.45, 7) is 1.27. The van der Waals surface area contributed by atoms with Crippen LogP contribution in [0.25, 0.3) is 0 Å². The van der Waals surface area contributed by atoms with Crippen LogP contribution in [0.2, 0.25) is 5.02 Å². The van der Waals surface area contributed by atoms with Crippen LogP contribution in [0.1, 0.15) is 11.1 Å². The van der Waals surface area contributed by atoms with E-state index in [0.29, 0.717) is 11.6 Å². The van der Waals surface area contributed by atoms with Crippen molar-refractivity contribution in [2.75, 3.05) is 7.05 Å². The SMILES string of the molecule is CNCc1cccc(Cl)c1OCc1ccccc1. The molecule has 0 heterocycles. The van der Waals surface area contributed by atoms with Gasteiger partial charge in [-0.25, -0.2) is 0 Å². The maximum atomic E-state index is 6.18. The number of benzene rings is 2. The molecule has 2 aromatic rings. The lowest BCUT2D eigenvalue weighted by atomic mass is 10.2. The molecule has 0 bridgehead atoms. The first kappa shape index (κ1) is 12.9. The minimum absolute atomic E-state index is 0.529. The summed E-state index contributed by atoms with van der Waals surface area (Å²) in [5, 5.41) is 3.76. The molecule has 0 aliphatic carbocycles. The number of ether oxygens (including phenoxy) is 1. The van der Waals surface area contributed by atoms with Crippen LogP contribution in [0.4, 0.5) is 0 Å². The van der Waals surface area contributed by atoms with E-state index in [1.54, 1.807) is 0 Å². The monoisotopic (exact) mass is 261 g/mol. The second kappa shape index (κ2) is 6.43. The van der Waals surface area contributed by atoms with Gasteiger partial charge in [0.15, 0.2) is 0 Å². The zero-order chi connectivity index (χ0) is 12.8. The molecule has 0 aromatic heterocycles. The highest BCUT2D eigenvalue weighted by Crippen LogP contribution is 2.29. The summed E-state index contributed by atoms with van der Waals surface area (Å²) < 4.78 is 5.83. The molecular weight excluding hydrogens is 246 g/mol. The Morgan fingerprint density at radius 1 is 1.06 bits per heavy atom. The Bertz CT molecular complexity index is 499. The molecule has 18 heavy (non-hydrogen) atoms. The Morgan fingerprint density at radius 2 is 1.83 bits per heavy atom. The molecule has 0 amide bonds. The Kier molecular flexibility index (Phi) is 4.62. The van der Waals surface area contributed by atoms with Gasteiger partial charge in [0.2, 0.25) is 0 Å². The molecule has 0 unspecified atom stereocenters. The quantitative estimate of drug-likeness (QED) is 0.887. The summed E-state index contributed by atoms with van der Waals surface area (Å²) in [5.74, 6) is 0.761. The minimum atomic E-state index is 0.529. The van der Waals surface area contributed by atoms with Crippen LogP contribution in [0.5, 0.6) is 5.75 Å². The van der Waals surface area contributed by atoms with Gasteiger partial charge in [0.25, 0.3) is 0 Å². The van der Waals surface area contributed by atoms with Gasteiger partial charge in [-0.05, 0) is 18.7 Å². The van der Waals surface area contributed by atoms with E-state index in [1.165, 1.54) is 0 Å². The van der Waals surface area contributed by atoms with Gasteiger partial charge in [-0.2, -0.15) is 0 Å². The zero-order valence-corrected chi connectivity index (χ0v) is 11.1. The molecule has 0 fully saturated rings. The van der Waals surface area contributed by atoms with Gasteiger partial charge in [-0.15, -0.1) is 0 Å². The van der Waals surface area contributed by atoms with Crippen molar-refractivity contribution in [3.63, 3.8) is 0 Å². The molecule has 3 heteroatoms. The van der Waals surface area contributed by atoms with E-state index in [-0.39, 0.29) is 0 Å². The van der Waals surface area contributed by atoms with Crippen LogP contribution >= 0.6 is 11.6 Å². The molecule has 0 radical (unpaired) electrons. The van der Waals surface area contributed by atoms with E-state index < -0.39 is 0 Å². The molecule has 1 N–H and O–H groups in total. The molecule has 2 rings (SSSR count). The predicted molar refractivity (Wildman–Crippen MR) is 75.0 cm³/mol. The molecule has 2 nitrogen and oxygen atoms in total. The van der Waals surface area contributed by atoms with Crippen LogP contribution in [0.3, 0.4) is 0 Å². The second-order valence-corrected chi connectivity index (χ2v) is 4.44. The largest absolute Gasteiger partial charge is 0.487 e. The van der Waals surface area contributed by atoms with Gasteiger partial charge in [-0.3, -0.25) is 0 Å². The van der Waals surface area contributed by atoms with Gasteiger partial charge in [0.1, 0.15) is 12.4 Å². The first-order valence-electron chi connectivity index (χ1n) is 5.90. The molecule has 0 spiro atoms. The highest BCUT2D eigenvalue weighted by atomic mass is 35.5. The lowest BCUT2D eigenvalue weighted by Gasteiger charge is -2.13. The number of rotatable bonds is 5. The Morgan fingerprint density at radius 3 is 2.56 bits per heavy atom. The van der Waals surface area contributed by atoms with Crippen LogP contribution < -0.4 is 10.1 Å². The summed E-state index contributed by atoms with van der Waals surface area (Å²) >= 11 is 6.18. The third kappa shape index (κ3) is 3.25. The number of hydrogen-bond acceptors (Lipinski definition) is 2. The Balaban J connectivity index is 2.13.